The van der Waals surface area contributed by atoms with E-state index in [1.165, 1.54) is 0 Å². The molecular formula is C16H18N2O2. The van der Waals surface area contributed by atoms with Gasteiger partial charge >= 0.3 is 0 Å². The Hall–Kier alpha value is -2.49. The van der Waals surface area contributed by atoms with E-state index in [1.807, 2.05) is 48.5 Å². The number of methoxy groups -OCH3 is 1. The van der Waals surface area contributed by atoms with Crippen LogP contribution in [-0.2, 0) is 4.79 Å². The highest BCUT2D eigenvalue weighted by Gasteiger charge is 2.12. The summed E-state index contributed by atoms with van der Waals surface area (Å²) >= 11 is 0. The van der Waals surface area contributed by atoms with Gasteiger partial charge in [-0.3, -0.25) is 4.79 Å². The molecule has 0 saturated carbocycles. The molecule has 2 aromatic carbocycles. The van der Waals surface area contributed by atoms with Gasteiger partial charge in [0, 0.05) is 5.69 Å². The quantitative estimate of drug-likeness (QED) is 0.877. The summed E-state index contributed by atoms with van der Waals surface area (Å²) in [5.41, 5.74) is 7.99. The van der Waals surface area contributed by atoms with Gasteiger partial charge in [0.15, 0.2) is 0 Å². The number of anilines is 2. The number of amides is 1. The van der Waals surface area contributed by atoms with Crippen molar-refractivity contribution in [2.24, 2.45) is 5.73 Å². The summed E-state index contributed by atoms with van der Waals surface area (Å²) < 4.78 is 5.30. The SMILES string of the molecule is COc1ccccc1Nc1cccc([C@@H](C)C(N)=O)c1. The topological polar surface area (TPSA) is 64.3 Å². The first-order valence-corrected chi connectivity index (χ1v) is 6.41. The third kappa shape index (κ3) is 3.09. The minimum absolute atomic E-state index is 0.311. The number of ether oxygens (including phenoxy) is 1. The Morgan fingerprint density at radius 3 is 2.65 bits per heavy atom. The van der Waals surface area contributed by atoms with E-state index in [1.54, 1.807) is 14.0 Å². The van der Waals surface area contributed by atoms with Crippen molar-refractivity contribution < 1.29 is 9.53 Å². The molecule has 20 heavy (non-hydrogen) atoms. The van der Waals surface area contributed by atoms with Crippen molar-refractivity contribution in [1.82, 2.24) is 0 Å². The molecule has 3 N–H and O–H groups in total. The molecule has 2 rings (SSSR count). The molecule has 1 amide bonds. The van der Waals surface area contributed by atoms with E-state index in [9.17, 15) is 4.79 Å². The largest absolute Gasteiger partial charge is 0.495 e. The molecular weight excluding hydrogens is 252 g/mol. The van der Waals surface area contributed by atoms with Crippen molar-refractivity contribution in [2.45, 2.75) is 12.8 Å². The number of nitrogens with two attached hydrogens (primary N) is 1. The monoisotopic (exact) mass is 270 g/mol. The van der Waals surface area contributed by atoms with Gasteiger partial charge in [-0.15, -0.1) is 0 Å². The second-order valence-electron chi connectivity index (χ2n) is 4.57. The van der Waals surface area contributed by atoms with Gasteiger partial charge in [0.05, 0.1) is 18.7 Å². The standard InChI is InChI=1S/C16H18N2O2/c1-11(16(17)19)12-6-5-7-13(10-12)18-14-8-3-4-9-15(14)20-2/h3-11,18H,1-2H3,(H2,17,19)/t11-/m1/s1. The van der Waals surface area contributed by atoms with E-state index in [2.05, 4.69) is 5.32 Å². The van der Waals surface area contributed by atoms with Crippen molar-refractivity contribution in [2.75, 3.05) is 12.4 Å². The highest BCUT2D eigenvalue weighted by Crippen LogP contribution is 2.28. The van der Waals surface area contributed by atoms with E-state index in [0.29, 0.717) is 0 Å². The Morgan fingerprint density at radius 2 is 1.95 bits per heavy atom. The summed E-state index contributed by atoms with van der Waals surface area (Å²) in [6.07, 6.45) is 0. The fourth-order valence-electron chi connectivity index (χ4n) is 1.95. The summed E-state index contributed by atoms with van der Waals surface area (Å²) in [7, 11) is 1.63. The van der Waals surface area contributed by atoms with Crippen LogP contribution in [0.4, 0.5) is 11.4 Å². The minimum Gasteiger partial charge on any atom is -0.495 e. The first-order chi connectivity index (χ1) is 9.61. The average Bonchev–Trinajstić information content (AvgIpc) is 2.47. The number of hydrogen-bond donors (Lipinski definition) is 2. The highest BCUT2D eigenvalue weighted by molar-refractivity contribution is 5.82. The van der Waals surface area contributed by atoms with E-state index in [4.69, 9.17) is 10.5 Å². The van der Waals surface area contributed by atoms with Gasteiger partial charge in [0.25, 0.3) is 0 Å². The lowest BCUT2D eigenvalue weighted by Gasteiger charge is -2.13. The number of hydrogen-bond acceptors (Lipinski definition) is 3. The molecule has 0 spiro atoms. The van der Waals surface area contributed by atoms with Crippen molar-refractivity contribution in [3.05, 3.63) is 54.1 Å². The molecule has 0 saturated heterocycles. The molecule has 4 heteroatoms. The number of primary amides is 1. The summed E-state index contributed by atoms with van der Waals surface area (Å²) in [5, 5.41) is 3.28. The summed E-state index contributed by atoms with van der Waals surface area (Å²) in [5.74, 6) is 0.120. The van der Waals surface area contributed by atoms with Gasteiger partial charge in [-0.25, -0.2) is 0 Å². The lowest BCUT2D eigenvalue weighted by atomic mass is 10.0. The van der Waals surface area contributed by atoms with Gasteiger partial charge in [0.2, 0.25) is 5.91 Å². The van der Waals surface area contributed by atoms with Crippen molar-refractivity contribution in [1.29, 1.82) is 0 Å². The molecule has 0 aliphatic carbocycles. The number of benzene rings is 2. The van der Waals surface area contributed by atoms with Crippen molar-refractivity contribution >= 4 is 17.3 Å². The first kappa shape index (κ1) is 13.9. The summed E-state index contributed by atoms with van der Waals surface area (Å²) in [4.78, 5) is 11.3. The zero-order valence-electron chi connectivity index (χ0n) is 11.6. The van der Waals surface area contributed by atoms with Crippen LogP contribution in [0.15, 0.2) is 48.5 Å². The lowest BCUT2D eigenvalue weighted by molar-refractivity contribution is -0.119. The fourth-order valence-corrected chi connectivity index (χ4v) is 1.95. The van der Waals surface area contributed by atoms with Crippen LogP contribution in [0.2, 0.25) is 0 Å². The molecule has 104 valence electrons. The maximum absolute atomic E-state index is 11.3. The van der Waals surface area contributed by atoms with Crippen molar-refractivity contribution in [3.63, 3.8) is 0 Å². The maximum atomic E-state index is 11.3. The number of carbonyl (C=O) groups is 1. The molecule has 0 unspecified atom stereocenters. The Labute approximate surface area is 118 Å². The van der Waals surface area contributed by atoms with Crippen LogP contribution >= 0.6 is 0 Å². The Kier molecular flexibility index (Phi) is 4.25. The normalized spacial score (nSPS) is 11.7. The van der Waals surface area contributed by atoms with Crippen LogP contribution < -0.4 is 15.8 Å². The smallest absolute Gasteiger partial charge is 0.224 e. The summed E-state index contributed by atoms with van der Waals surface area (Å²) in [6, 6.07) is 15.3. The molecule has 0 radical (unpaired) electrons. The molecule has 4 nitrogen and oxygen atoms in total. The fraction of sp³-hybridized carbons (Fsp3) is 0.188. The van der Waals surface area contributed by atoms with Crippen LogP contribution in [-0.4, -0.2) is 13.0 Å². The number of para-hydroxylation sites is 2. The third-order valence-corrected chi connectivity index (χ3v) is 3.20. The van der Waals surface area contributed by atoms with Crippen LogP contribution in [0.5, 0.6) is 5.75 Å². The number of carbonyl (C=O) groups excluding carboxylic acids is 1. The van der Waals surface area contributed by atoms with Gasteiger partial charge in [-0.05, 0) is 36.8 Å². The Morgan fingerprint density at radius 1 is 1.20 bits per heavy atom. The molecule has 2 aromatic rings. The summed E-state index contributed by atoms with van der Waals surface area (Å²) in [6.45, 7) is 1.80. The van der Waals surface area contributed by atoms with Crippen LogP contribution in [0, 0.1) is 0 Å². The second-order valence-corrected chi connectivity index (χ2v) is 4.57. The lowest BCUT2D eigenvalue weighted by Crippen LogP contribution is -2.18. The Balaban J connectivity index is 2.26. The van der Waals surface area contributed by atoms with Crippen LogP contribution in [0.3, 0.4) is 0 Å². The molecule has 0 aliphatic heterocycles. The number of nitrogens with one attached hydrogen (secondary N) is 1. The zero-order chi connectivity index (χ0) is 14.5. The average molecular weight is 270 g/mol. The predicted molar refractivity (Wildman–Crippen MR) is 80.3 cm³/mol. The predicted octanol–water partition coefficient (Wildman–Crippen LogP) is 3.03. The Bertz CT molecular complexity index is 611. The van der Waals surface area contributed by atoms with Gasteiger partial charge < -0.3 is 15.8 Å². The van der Waals surface area contributed by atoms with E-state index < -0.39 is 0 Å². The van der Waals surface area contributed by atoms with Crippen molar-refractivity contribution in [3.8, 4) is 5.75 Å². The second kappa shape index (κ2) is 6.10. The highest BCUT2D eigenvalue weighted by atomic mass is 16.5. The van der Waals surface area contributed by atoms with Gasteiger partial charge in [-0.2, -0.15) is 0 Å². The minimum atomic E-state index is -0.334. The molecule has 0 bridgehead atoms. The molecule has 0 aliphatic rings. The zero-order valence-corrected chi connectivity index (χ0v) is 11.6. The van der Waals surface area contributed by atoms with Gasteiger partial charge in [0.1, 0.15) is 5.75 Å². The molecule has 0 fully saturated rings. The first-order valence-electron chi connectivity index (χ1n) is 6.41. The number of rotatable bonds is 5. The van der Waals surface area contributed by atoms with E-state index in [0.717, 1.165) is 22.7 Å². The molecule has 1 atom stereocenters. The molecule has 0 aromatic heterocycles. The van der Waals surface area contributed by atoms with Gasteiger partial charge in [-0.1, -0.05) is 24.3 Å². The van der Waals surface area contributed by atoms with Crippen LogP contribution in [0.1, 0.15) is 18.4 Å². The maximum Gasteiger partial charge on any atom is 0.224 e. The van der Waals surface area contributed by atoms with E-state index in [-0.39, 0.29) is 11.8 Å². The van der Waals surface area contributed by atoms with E-state index >= 15 is 0 Å². The van der Waals surface area contributed by atoms with Crippen LogP contribution in [0.25, 0.3) is 0 Å². The third-order valence-electron chi connectivity index (χ3n) is 3.20. The molecule has 0 heterocycles.